The standard InChI is InChI=1S/C52H59NO12/c1-36(54)53-45-48(60-32-41-25-15-7-16-26-41)47(44(63-51(45)56-3)35-58-30-39-21-11-5-12-22-39)65-52-50(62-37(2)55)49(61-33-42-27-17-8-18-28-42)46(59-31-40-23-13-6-14-24-40)43(64-52)34-57-29-38-19-9-4-10-20-38/h4-28,43-52H,29-35H2,1-3H3,(H,53,54)/t43-,44-,45-,46+,47-,48-,49+,50-,51-,52+/m0/s1. The van der Waals surface area contributed by atoms with Crippen molar-refractivity contribution >= 4 is 11.9 Å². The summed E-state index contributed by atoms with van der Waals surface area (Å²) in [4.78, 5) is 26.1. The molecule has 0 aliphatic carbocycles. The molecule has 2 saturated heterocycles. The lowest BCUT2D eigenvalue weighted by Crippen LogP contribution is -2.68. The molecule has 5 aromatic rings. The van der Waals surface area contributed by atoms with Crippen LogP contribution in [0, 0.1) is 0 Å². The third-order valence-electron chi connectivity index (χ3n) is 11.1. The van der Waals surface area contributed by atoms with Crippen LogP contribution in [-0.2, 0) is 90.0 Å². The van der Waals surface area contributed by atoms with Gasteiger partial charge in [-0.1, -0.05) is 152 Å². The first-order valence-electron chi connectivity index (χ1n) is 22.0. The monoisotopic (exact) mass is 889 g/mol. The summed E-state index contributed by atoms with van der Waals surface area (Å²) >= 11 is 0. The SMILES string of the molecule is CO[C@H]1O[C@@H](COCc2ccccc2)[C@H](O[C@H]2O[C@@H](COCc3ccccc3)[C@@H](OCc3ccccc3)[C@@H](OCc3ccccc3)[C@@H]2OC(C)=O)[C@@H](OCc2ccccc2)[C@@H]1NC(C)=O. The lowest BCUT2D eigenvalue weighted by molar-refractivity contribution is -0.359. The Balaban J connectivity index is 1.26. The molecule has 13 heteroatoms. The van der Waals surface area contributed by atoms with E-state index in [2.05, 4.69) is 5.32 Å². The lowest BCUT2D eigenvalue weighted by atomic mass is 9.94. The quantitative estimate of drug-likeness (QED) is 0.0711. The Kier molecular flexibility index (Phi) is 18.2. The predicted octanol–water partition coefficient (Wildman–Crippen LogP) is 7.09. The predicted molar refractivity (Wildman–Crippen MR) is 240 cm³/mol. The van der Waals surface area contributed by atoms with Crippen molar-refractivity contribution in [3.8, 4) is 0 Å². The van der Waals surface area contributed by atoms with Crippen molar-refractivity contribution < 1.29 is 57.0 Å². The molecule has 2 heterocycles. The van der Waals surface area contributed by atoms with Crippen LogP contribution in [0.5, 0.6) is 0 Å². The van der Waals surface area contributed by atoms with E-state index in [0.29, 0.717) is 6.61 Å². The zero-order valence-electron chi connectivity index (χ0n) is 37.1. The average molecular weight is 890 g/mol. The number of nitrogens with one attached hydrogen (secondary N) is 1. The van der Waals surface area contributed by atoms with Gasteiger partial charge in [-0.15, -0.1) is 0 Å². The van der Waals surface area contributed by atoms with E-state index in [1.54, 1.807) is 0 Å². The van der Waals surface area contributed by atoms with Crippen LogP contribution in [0.25, 0.3) is 0 Å². The Morgan fingerprint density at radius 2 is 0.862 bits per heavy atom. The van der Waals surface area contributed by atoms with Crippen LogP contribution in [0.4, 0.5) is 0 Å². The molecule has 0 saturated carbocycles. The van der Waals surface area contributed by atoms with Crippen LogP contribution in [0.15, 0.2) is 152 Å². The molecule has 5 aromatic carbocycles. The number of hydrogen-bond acceptors (Lipinski definition) is 12. The molecule has 13 nitrogen and oxygen atoms in total. The fourth-order valence-electron chi connectivity index (χ4n) is 8.01. The molecule has 2 aliphatic heterocycles. The molecule has 10 atom stereocenters. The van der Waals surface area contributed by atoms with E-state index in [-0.39, 0.29) is 45.5 Å². The first-order chi connectivity index (χ1) is 31.8. The zero-order valence-corrected chi connectivity index (χ0v) is 37.1. The maximum atomic E-state index is 13.2. The Hall–Kier alpha value is -5.32. The normalized spacial score (nSPS) is 25.4. The number of hydrogen-bond donors (Lipinski definition) is 1. The summed E-state index contributed by atoms with van der Waals surface area (Å²) in [6, 6.07) is 47.8. The van der Waals surface area contributed by atoms with Gasteiger partial charge in [0.25, 0.3) is 0 Å². The van der Waals surface area contributed by atoms with E-state index in [1.807, 2.05) is 152 Å². The minimum Gasteiger partial charge on any atom is -0.454 e. The van der Waals surface area contributed by atoms with Crippen molar-refractivity contribution in [2.75, 3.05) is 20.3 Å². The van der Waals surface area contributed by atoms with Crippen LogP contribution in [0.3, 0.4) is 0 Å². The summed E-state index contributed by atoms with van der Waals surface area (Å²) in [6.45, 7) is 3.92. The highest BCUT2D eigenvalue weighted by molar-refractivity contribution is 5.73. The van der Waals surface area contributed by atoms with Gasteiger partial charge in [-0.05, 0) is 27.8 Å². The van der Waals surface area contributed by atoms with Gasteiger partial charge in [0.1, 0.15) is 42.7 Å². The van der Waals surface area contributed by atoms with Gasteiger partial charge < -0.3 is 52.7 Å². The summed E-state index contributed by atoms with van der Waals surface area (Å²) in [5.41, 5.74) is 4.64. The van der Waals surface area contributed by atoms with Crippen LogP contribution >= 0.6 is 0 Å². The fourth-order valence-corrected chi connectivity index (χ4v) is 8.01. The first kappa shape index (κ1) is 47.6. The van der Waals surface area contributed by atoms with E-state index >= 15 is 0 Å². The van der Waals surface area contributed by atoms with Gasteiger partial charge in [0.05, 0.1) is 46.2 Å². The number of esters is 1. The molecular formula is C52H59NO12. The molecule has 0 aromatic heterocycles. The first-order valence-corrected chi connectivity index (χ1v) is 22.0. The second kappa shape index (κ2) is 24.8. The Morgan fingerprint density at radius 1 is 0.477 bits per heavy atom. The summed E-state index contributed by atoms with van der Waals surface area (Å²) in [5.74, 6) is -0.919. The highest BCUT2D eigenvalue weighted by Crippen LogP contribution is 2.35. The van der Waals surface area contributed by atoms with Crippen LogP contribution in [-0.4, -0.2) is 93.5 Å². The molecule has 7 rings (SSSR count). The molecule has 1 N–H and O–H groups in total. The highest BCUT2D eigenvalue weighted by Gasteiger charge is 2.55. The molecule has 0 bridgehead atoms. The van der Waals surface area contributed by atoms with Crippen LogP contribution in [0.2, 0.25) is 0 Å². The van der Waals surface area contributed by atoms with Crippen molar-refractivity contribution in [1.82, 2.24) is 5.32 Å². The van der Waals surface area contributed by atoms with E-state index < -0.39 is 67.3 Å². The van der Waals surface area contributed by atoms with Crippen LogP contribution in [0.1, 0.15) is 41.7 Å². The summed E-state index contributed by atoms with van der Waals surface area (Å²) < 4.78 is 65.7. The summed E-state index contributed by atoms with van der Waals surface area (Å²) in [5, 5.41) is 3.00. The summed E-state index contributed by atoms with van der Waals surface area (Å²) in [6.07, 6.45) is -8.77. The number of benzene rings is 5. The lowest BCUT2D eigenvalue weighted by Gasteiger charge is -2.50. The van der Waals surface area contributed by atoms with Crippen molar-refractivity contribution in [1.29, 1.82) is 0 Å². The van der Waals surface area contributed by atoms with Gasteiger partial charge in [0.2, 0.25) is 5.91 Å². The zero-order chi connectivity index (χ0) is 45.2. The Bertz CT molecular complexity index is 2130. The minimum atomic E-state index is -1.30. The number of carbonyl (C=O) groups excluding carboxylic acids is 2. The highest BCUT2D eigenvalue weighted by atomic mass is 16.8. The molecule has 65 heavy (non-hydrogen) atoms. The van der Waals surface area contributed by atoms with Gasteiger partial charge in [-0.2, -0.15) is 0 Å². The molecule has 0 radical (unpaired) electrons. The van der Waals surface area contributed by atoms with Gasteiger partial charge >= 0.3 is 5.97 Å². The molecular weight excluding hydrogens is 831 g/mol. The summed E-state index contributed by atoms with van der Waals surface area (Å²) in [7, 11) is 1.50. The number of carbonyl (C=O) groups is 2. The van der Waals surface area contributed by atoms with E-state index in [0.717, 1.165) is 27.8 Å². The Morgan fingerprint density at radius 3 is 1.28 bits per heavy atom. The minimum absolute atomic E-state index is 0.0305. The van der Waals surface area contributed by atoms with Gasteiger partial charge in [-0.25, -0.2) is 0 Å². The van der Waals surface area contributed by atoms with Gasteiger partial charge in [0.15, 0.2) is 18.7 Å². The topological polar surface area (TPSA) is 138 Å². The third kappa shape index (κ3) is 14.1. The largest absolute Gasteiger partial charge is 0.454 e. The number of rotatable bonds is 22. The fraction of sp³-hybridized carbons (Fsp3) is 0.385. The molecule has 1 amide bonds. The molecule has 0 spiro atoms. The number of methoxy groups -OCH3 is 1. The maximum absolute atomic E-state index is 13.2. The average Bonchev–Trinajstić information content (AvgIpc) is 3.33. The van der Waals surface area contributed by atoms with Crippen molar-refractivity contribution in [2.45, 2.75) is 108 Å². The van der Waals surface area contributed by atoms with E-state index in [1.165, 1.54) is 21.0 Å². The molecule has 344 valence electrons. The van der Waals surface area contributed by atoms with Gasteiger partial charge in [0, 0.05) is 21.0 Å². The molecule has 2 fully saturated rings. The van der Waals surface area contributed by atoms with Crippen molar-refractivity contribution in [3.63, 3.8) is 0 Å². The van der Waals surface area contributed by atoms with Crippen LogP contribution < -0.4 is 5.32 Å². The number of ether oxygens (including phenoxy) is 10. The second-order valence-corrected chi connectivity index (χ2v) is 16.0. The third-order valence-corrected chi connectivity index (χ3v) is 11.1. The molecule has 0 unspecified atom stereocenters. The second-order valence-electron chi connectivity index (χ2n) is 16.0. The van der Waals surface area contributed by atoms with Crippen molar-refractivity contribution in [3.05, 3.63) is 179 Å². The molecule has 2 aliphatic rings. The van der Waals surface area contributed by atoms with E-state index in [4.69, 9.17) is 47.4 Å². The van der Waals surface area contributed by atoms with Gasteiger partial charge in [-0.3, -0.25) is 9.59 Å². The maximum Gasteiger partial charge on any atom is 0.303 e. The Labute approximate surface area is 381 Å². The van der Waals surface area contributed by atoms with E-state index in [9.17, 15) is 9.59 Å². The smallest absolute Gasteiger partial charge is 0.303 e. The van der Waals surface area contributed by atoms with Crippen molar-refractivity contribution in [2.24, 2.45) is 0 Å². The number of amides is 1.